The number of hydrogen-bond donors (Lipinski definition) is 3. The Morgan fingerprint density at radius 1 is 0.974 bits per heavy atom. The van der Waals surface area contributed by atoms with Gasteiger partial charge in [0.1, 0.15) is 0 Å². The van der Waals surface area contributed by atoms with Gasteiger partial charge in [-0.1, -0.05) is 53.7 Å². The molecule has 214 valence electrons. The number of guanidine groups is 1. The molecule has 1 heterocycles. The molecule has 1 unspecified atom stereocenters. The van der Waals surface area contributed by atoms with Gasteiger partial charge in [0.15, 0.2) is 5.96 Å². The van der Waals surface area contributed by atoms with Gasteiger partial charge in [0, 0.05) is 37.6 Å². The Morgan fingerprint density at radius 3 is 2.00 bits per heavy atom. The number of rotatable bonds is 12. The van der Waals surface area contributed by atoms with Gasteiger partial charge in [0.05, 0.1) is 12.6 Å². The molecule has 1 aliphatic rings. The molecule has 1 aliphatic heterocycles. The summed E-state index contributed by atoms with van der Waals surface area (Å²) >= 11 is 1.56. The SMILES string of the molecule is CCOC(=O)N1CCN(C(=O)C(CCCN=C(N)N)NSc2c(C(C)C)cc(C(C)C)cc2C(C)C)CC1. The molecule has 0 aromatic heterocycles. The Labute approximate surface area is 233 Å². The van der Waals surface area contributed by atoms with E-state index >= 15 is 0 Å². The topological polar surface area (TPSA) is 126 Å². The van der Waals surface area contributed by atoms with E-state index in [1.165, 1.54) is 21.6 Å². The highest BCUT2D eigenvalue weighted by atomic mass is 32.2. The van der Waals surface area contributed by atoms with Crippen molar-refractivity contribution in [2.75, 3.05) is 39.3 Å². The summed E-state index contributed by atoms with van der Waals surface area (Å²) in [6.45, 7) is 17.8. The number of piperazine rings is 1. The fourth-order valence-corrected chi connectivity index (χ4v) is 5.72. The minimum absolute atomic E-state index is 0.0294. The number of carbonyl (C=O) groups excluding carboxylic acids is 2. The largest absolute Gasteiger partial charge is 0.450 e. The van der Waals surface area contributed by atoms with Crippen LogP contribution in [0, 0.1) is 0 Å². The van der Waals surface area contributed by atoms with Gasteiger partial charge in [-0.05, 0) is 66.2 Å². The minimum Gasteiger partial charge on any atom is -0.450 e. The Hall–Kier alpha value is -2.46. The fourth-order valence-electron chi connectivity index (χ4n) is 4.42. The smallest absolute Gasteiger partial charge is 0.409 e. The zero-order valence-electron chi connectivity index (χ0n) is 24.3. The first-order valence-corrected chi connectivity index (χ1v) is 14.6. The molecule has 1 aromatic carbocycles. The number of aliphatic imine (C=N–C) groups is 1. The maximum Gasteiger partial charge on any atom is 0.409 e. The summed E-state index contributed by atoms with van der Waals surface area (Å²) in [5.41, 5.74) is 14.9. The lowest BCUT2D eigenvalue weighted by Crippen LogP contribution is -2.54. The third-order valence-electron chi connectivity index (χ3n) is 6.74. The molecule has 2 rings (SSSR count). The van der Waals surface area contributed by atoms with Gasteiger partial charge in [-0.2, -0.15) is 0 Å². The Balaban J connectivity index is 2.24. The molecule has 0 radical (unpaired) electrons. The van der Waals surface area contributed by atoms with E-state index in [1.807, 2.05) is 4.90 Å². The predicted octanol–water partition coefficient (Wildman–Crippen LogP) is 4.38. The number of benzene rings is 1. The van der Waals surface area contributed by atoms with E-state index in [4.69, 9.17) is 16.2 Å². The van der Waals surface area contributed by atoms with Crippen molar-refractivity contribution >= 4 is 29.9 Å². The number of nitrogens with two attached hydrogens (primary N) is 2. The lowest BCUT2D eigenvalue weighted by atomic mass is 9.89. The van der Waals surface area contributed by atoms with Crippen LogP contribution >= 0.6 is 11.9 Å². The van der Waals surface area contributed by atoms with Crippen LogP contribution < -0.4 is 16.2 Å². The summed E-state index contributed by atoms with van der Waals surface area (Å²) in [6.07, 6.45) is 0.943. The Bertz CT molecular complexity index is 925. The summed E-state index contributed by atoms with van der Waals surface area (Å²) < 4.78 is 8.64. The average Bonchev–Trinajstić information content (AvgIpc) is 2.87. The quantitative estimate of drug-likeness (QED) is 0.153. The lowest BCUT2D eigenvalue weighted by Gasteiger charge is -2.36. The Morgan fingerprint density at radius 2 is 1.53 bits per heavy atom. The predicted molar refractivity (Wildman–Crippen MR) is 157 cm³/mol. The van der Waals surface area contributed by atoms with Gasteiger partial charge in [-0.25, -0.2) is 9.52 Å². The first-order chi connectivity index (χ1) is 18.0. The van der Waals surface area contributed by atoms with Crippen molar-refractivity contribution in [2.24, 2.45) is 16.5 Å². The molecule has 1 atom stereocenters. The molecule has 0 spiro atoms. The molecule has 5 N–H and O–H groups in total. The van der Waals surface area contributed by atoms with Crippen molar-refractivity contribution in [1.29, 1.82) is 0 Å². The van der Waals surface area contributed by atoms with Crippen LogP contribution in [0.5, 0.6) is 0 Å². The maximum absolute atomic E-state index is 13.7. The van der Waals surface area contributed by atoms with Gasteiger partial charge >= 0.3 is 6.09 Å². The van der Waals surface area contributed by atoms with Crippen LogP contribution in [-0.2, 0) is 9.53 Å². The number of nitrogens with zero attached hydrogens (tertiary/aromatic N) is 3. The highest BCUT2D eigenvalue weighted by molar-refractivity contribution is 7.97. The molecule has 10 heteroatoms. The summed E-state index contributed by atoms with van der Waals surface area (Å²) in [6, 6.07) is 4.22. The molecule has 1 fully saturated rings. The third-order valence-corrected chi connectivity index (χ3v) is 7.82. The second-order valence-electron chi connectivity index (χ2n) is 10.7. The van der Waals surface area contributed by atoms with Crippen molar-refractivity contribution in [2.45, 2.75) is 90.0 Å². The zero-order chi connectivity index (χ0) is 28.4. The number of amides is 2. The van der Waals surface area contributed by atoms with Crippen LogP contribution in [0.1, 0.15) is 95.8 Å². The van der Waals surface area contributed by atoms with E-state index in [-0.39, 0.29) is 18.0 Å². The van der Waals surface area contributed by atoms with Crippen LogP contribution in [0.2, 0.25) is 0 Å². The second-order valence-corrected chi connectivity index (χ2v) is 11.6. The van der Waals surface area contributed by atoms with Crippen molar-refractivity contribution in [1.82, 2.24) is 14.5 Å². The summed E-state index contributed by atoms with van der Waals surface area (Å²) in [5.74, 6) is 1.22. The number of ether oxygens (including phenoxy) is 1. The number of carbonyl (C=O) groups is 2. The van der Waals surface area contributed by atoms with Gasteiger partial charge in [0.2, 0.25) is 5.91 Å². The van der Waals surface area contributed by atoms with Gasteiger partial charge in [0.25, 0.3) is 0 Å². The average molecular weight is 549 g/mol. The highest BCUT2D eigenvalue weighted by Gasteiger charge is 2.30. The third kappa shape index (κ3) is 9.08. The van der Waals surface area contributed by atoms with Crippen molar-refractivity contribution < 1.29 is 14.3 Å². The Kier molecular flexibility index (Phi) is 12.7. The first kappa shape index (κ1) is 31.8. The zero-order valence-corrected chi connectivity index (χ0v) is 25.1. The number of hydrogen-bond acceptors (Lipinski definition) is 6. The molecule has 2 amide bonds. The van der Waals surface area contributed by atoms with Gasteiger partial charge in [-0.15, -0.1) is 0 Å². The van der Waals surface area contributed by atoms with Crippen LogP contribution in [0.3, 0.4) is 0 Å². The van der Waals surface area contributed by atoms with Crippen LogP contribution in [0.15, 0.2) is 22.0 Å². The van der Waals surface area contributed by atoms with E-state index in [1.54, 1.807) is 23.8 Å². The van der Waals surface area contributed by atoms with Crippen LogP contribution in [0.4, 0.5) is 4.79 Å². The summed E-state index contributed by atoms with van der Waals surface area (Å²) in [5, 5.41) is 0. The normalized spacial score (nSPS) is 14.8. The van der Waals surface area contributed by atoms with Crippen LogP contribution in [0.25, 0.3) is 0 Å². The first-order valence-electron chi connectivity index (χ1n) is 13.8. The molecular weight excluding hydrogens is 500 g/mol. The van der Waals surface area contributed by atoms with Crippen molar-refractivity contribution in [3.63, 3.8) is 0 Å². The molecule has 38 heavy (non-hydrogen) atoms. The maximum atomic E-state index is 13.7. The van der Waals surface area contributed by atoms with Crippen molar-refractivity contribution in [3.05, 3.63) is 28.8 Å². The molecule has 0 aliphatic carbocycles. The van der Waals surface area contributed by atoms with Gasteiger partial charge < -0.3 is 26.0 Å². The van der Waals surface area contributed by atoms with E-state index in [9.17, 15) is 9.59 Å². The molecule has 0 bridgehead atoms. The fraction of sp³-hybridized carbons (Fsp3) is 0.679. The van der Waals surface area contributed by atoms with Crippen LogP contribution in [-0.4, -0.2) is 73.1 Å². The molecule has 9 nitrogen and oxygen atoms in total. The highest BCUT2D eigenvalue weighted by Crippen LogP contribution is 2.37. The lowest BCUT2D eigenvalue weighted by molar-refractivity contribution is -0.134. The van der Waals surface area contributed by atoms with E-state index in [2.05, 4.69) is 63.4 Å². The van der Waals surface area contributed by atoms with E-state index in [0.717, 1.165) is 0 Å². The van der Waals surface area contributed by atoms with E-state index in [0.29, 0.717) is 69.9 Å². The van der Waals surface area contributed by atoms with Gasteiger partial charge in [-0.3, -0.25) is 9.79 Å². The summed E-state index contributed by atoms with van der Waals surface area (Å²) in [4.78, 5) is 34.5. The monoisotopic (exact) mass is 548 g/mol. The molecule has 1 aromatic rings. The molecule has 1 saturated heterocycles. The second kappa shape index (κ2) is 15.2. The molecular formula is C28H48N6O3S. The number of nitrogens with one attached hydrogen (secondary N) is 1. The van der Waals surface area contributed by atoms with E-state index < -0.39 is 6.04 Å². The standard InChI is InChI=1S/C28H48N6O3S/c1-8-37-28(36)34-14-12-33(13-15-34)26(35)24(10-9-11-31-27(29)30)32-38-25-22(19(4)5)16-21(18(2)3)17-23(25)20(6)7/h16-20,24,32H,8-15H2,1-7H3,(H4,29,30,31). The molecule has 0 saturated carbocycles. The van der Waals surface area contributed by atoms with Crippen molar-refractivity contribution in [3.8, 4) is 0 Å². The summed E-state index contributed by atoms with van der Waals surface area (Å²) in [7, 11) is 0. The minimum atomic E-state index is -0.409.